The summed E-state index contributed by atoms with van der Waals surface area (Å²) in [5.41, 5.74) is 2.80. The van der Waals surface area contributed by atoms with E-state index in [9.17, 15) is 0 Å². The van der Waals surface area contributed by atoms with Gasteiger partial charge >= 0.3 is 0 Å². The Bertz CT molecular complexity index is 198. The molecule has 0 unspecified atom stereocenters. The summed E-state index contributed by atoms with van der Waals surface area (Å²) in [5.74, 6) is 0. The smallest absolute Gasteiger partial charge is 0.00554 e. The van der Waals surface area contributed by atoms with E-state index >= 15 is 0 Å². The summed E-state index contributed by atoms with van der Waals surface area (Å²) in [6.45, 7) is 5.82. The molecule has 0 aliphatic heterocycles. The van der Waals surface area contributed by atoms with Crippen LogP contribution in [0, 0.1) is 6.92 Å². The fourth-order valence-corrected chi connectivity index (χ4v) is 1.62. The molecular weight excluding hydrogens is 128 g/mol. The predicted octanol–water partition coefficient (Wildman–Crippen LogP) is 2.79. The Morgan fingerprint density at radius 1 is 1.67 bits per heavy atom. The molecule has 0 aliphatic rings. The molecule has 1 aromatic rings. The average molecular weight is 138 g/mol. The molecule has 0 bridgehead atoms. The van der Waals surface area contributed by atoms with Gasteiger partial charge in [-0.05, 0) is 35.2 Å². The Morgan fingerprint density at radius 2 is 2.44 bits per heavy atom. The van der Waals surface area contributed by atoms with Gasteiger partial charge in [-0.3, -0.25) is 0 Å². The lowest BCUT2D eigenvalue weighted by Crippen LogP contribution is -1.77. The van der Waals surface area contributed by atoms with Crippen LogP contribution in [0.5, 0.6) is 0 Å². The number of allylic oxidation sites excluding steroid dienone is 1. The van der Waals surface area contributed by atoms with Crippen LogP contribution in [0.4, 0.5) is 0 Å². The molecule has 0 atom stereocenters. The molecule has 9 heavy (non-hydrogen) atoms. The lowest BCUT2D eigenvalue weighted by atomic mass is 10.2. The molecule has 0 amide bonds. The molecule has 0 fully saturated rings. The highest BCUT2D eigenvalue weighted by molar-refractivity contribution is 7.08. The first-order chi connectivity index (χ1) is 4.34. The third kappa shape index (κ3) is 1.42. The van der Waals surface area contributed by atoms with Gasteiger partial charge in [0.05, 0.1) is 0 Å². The second kappa shape index (κ2) is 2.83. The van der Waals surface area contributed by atoms with E-state index in [1.165, 1.54) is 11.1 Å². The third-order valence-electron chi connectivity index (χ3n) is 1.33. The molecule has 1 aromatic heterocycles. The van der Waals surface area contributed by atoms with Gasteiger partial charge in [-0.1, -0.05) is 6.08 Å². The van der Waals surface area contributed by atoms with Gasteiger partial charge in [0.2, 0.25) is 0 Å². The SMILES string of the molecule is C=CCc1cscc1C. The quantitative estimate of drug-likeness (QED) is 0.551. The number of rotatable bonds is 2. The Labute approximate surface area is 59.8 Å². The number of hydrogen-bond acceptors (Lipinski definition) is 1. The zero-order valence-corrected chi connectivity index (χ0v) is 6.37. The zero-order valence-electron chi connectivity index (χ0n) is 5.55. The second-order valence-electron chi connectivity index (χ2n) is 2.07. The second-order valence-corrected chi connectivity index (χ2v) is 2.82. The van der Waals surface area contributed by atoms with Gasteiger partial charge in [0.15, 0.2) is 0 Å². The van der Waals surface area contributed by atoms with Crippen molar-refractivity contribution < 1.29 is 0 Å². The highest BCUT2D eigenvalue weighted by atomic mass is 32.1. The van der Waals surface area contributed by atoms with Crippen LogP contribution in [0.25, 0.3) is 0 Å². The number of aryl methyl sites for hydroxylation is 1. The topological polar surface area (TPSA) is 0 Å². The maximum absolute atomic E-state index is 3.68. The first-order valence-electron chi connectivity index (χ1n) is 2.97. The molecule has 0 N–H and O–H groups in total. The van der Waals surface area contributed by atoms with E-state index in [2.05, 4.69) is 24.3 Å². The van der Waals surface area contributed by atoms with Crippen LogP contribution in [0.3, 0.4) is 0 Å². The van der Waals surface area contributed by atoms with Crippen molar-refractivity contribution in [1.82, 2.24) is 0 Å². The van der Waals surface area contributed by atoms with Crippen molar-refractivity contribution in [2.75, 3.05) is 0 Å². The summed E-state index contributed by atoms with van der Waals surface area (Å²) < 4.78 is 0. The van der Waals surface area contributed by atoms with E-state index in [1.807, 2.05) is 6.08 Å². The first kappa shape index (κ1) is 6.56. The minimum absolute atomic E-state index is 1.01. The van der Waals surface area contributed by atoms with Crippen LogP contribution in [-0.4, -0.2) is 0 Å². The average Bonchev–Trinajstić information content (AvgIpc) is 2.18. The molecule has 1 heteroatoms. The fraction of sp³-hybridized carbons (Fsp3) is 0.250. The van der Waals surface area contributed by atoms with Crippen molar-refractivity contribution in [2.45, 2.75) is 13.3 Å². The summed E-state index contributed by atoms with van der Waals surface area (Å²) in [4.78, 5) is 0. The third-order valence-corrected chi connectivity index (χ3v) is 2.24. The van der Waals surface area contributed by atoms with Crippen molar-refractivity contribution in [2.24, 2.45) is 0 Å². The maximum Gasteiger partial charge on any atom is -0.00554 e. The lowest BCUT2D eigenvalue weighted by Gasteiger charge is -1.89. The minimum atomic E-state index is 1.01. The molecule has 0 aliphatic carbocycles. The molecule has 0 saturated heterocycles. The molecule has 1 rings (SSSR count). The van der Waals surface area contributed by atoms with Crippen LogP contribution in [0.2, 0.25) is 0 Å². The Hall–Kier alpha value is -0.560. The fourth-order valence-electron chi connectivity index (χ4n) is 0.751. The van der Waals surface area contributed by atoms with Crippen molar-refractivity contribution >= 4 is 11.3 Å². The summed E-state index contributed by atoms with van der Waals surface area (Å²) in [5, 5.41) is 4.34. The van der Waals surface area contributed by atoms with Gasteiger partial charge in [-0.25, -0.2) is 0 Å². The van der Waals surface area contributed by atoms with Crippen LogP contribution < -0.4 is 0 Å². The Kier molecular flexibility index (Phi) is 2.06. The van der Waals surface area contributed by atoms with Crippen LogP contribution in [-0.2, 0) is 6.42 Å². The summed E-state index contributed by atoms with van der Waals surface area (Å²) >= 11 is 1.76. The summed E-state index contributed by atoms with van der Waals surface area (Å²) in [6.07, 6.45) is 2.95. The monoisotopic (exact) mass is 138 g/mol. The van der Waals surface area contributed by atoms with Gasteiger partial charge in [0, 0.05) is 0 Å². The first-order valence-corrected chi connectivity index (χ1v) is 3.91. The molecule has 0 radical (unpaired) electrons. The van der Waals surface area contributed by atoms with Crippen LogP contribution in [0.15, 0.2) is 23.4 Å². The van der Waals surface area contributed by atoms with Crippen LogP contribution in [0.1, 0.15) is 11.1 Å². The highest BCUT2D eigenvalue weighted by Gasteiger charge is 1.93. The van der Waals surface area contributed by atoms with E-state index < -0.39 is 0 Å². The molecule has 0 aromatic carbocycles. The Morgan fingerprint density at radius 3 is 2.89 bits per heavy atom. The van der Waals surface area contributed by atoms with E-state index in [-0.39, 0.29) is 0 Å². The molecular formula is C8H10S. The van der Waals surface area contributed by atoms with Crippen molar-refractivity contribution in [3.63, 3.8) is 0 Å². The van der Waals surface area contributed by atoms with Crippen LogP contribution >= 0.6 is 11.3 Å². The van der Waals surface area contributed by atoms with Gasteiger partial charge in [0.1, 0.15) is 0 Å². The lowest BCUT2D eigenvalue weighted by molar-refractivity contribution is 1.25. The molecule has 48 valence electrons. The number of hydrogen-bond donors (Lipinski definition) is 0. The van der Waals surface area contributed by atoms with E-state index in [4.69, 9.17) is 0 Å². The van der Waals surface area contributed by atoms with Crippen molar-refractivity contribution in [3.05, 3.63) is 34.5 Å². The van der Waals surface area contributed by atoms with Crippen molar-refractivity contribution in [3.8, 4) is 0 Å². The Balaban J connectivity index is 2.80. The van der Waals surface area contributed by atoms with Crippen molar-refractivity contribution in [1.29, 1.82) is 0 Å². The van der Waals surface area contributed by atoms with Gasteiger partial charge in [-0.15, -0.1) is 6.58 Å². The van der Waals surface area contributed by atoms with Gasteiger partial charge < -0.3 is 0 Å². The predicted molar refractivity (Wildman–Crippen MR) is 43.0 cm³/mol. The molecule has 0 saturated carbocycles. The summed E-state index contributed by atoms with van der Waals surface area (Å²) in [7, 11) is 0. The van der Waals surface area contributed by atoms with Gasteiger partial charge in [0.25, 0.3) is 0 Å². The van der Waals surface area contributed by atoms with E-state index in [1.54, 1.807) is 11.3 Å². The minimum Gasteiger partial charge on any atom is -0.152 e. The normalized spacial score (nSPS) is 9.44. The van der Waals surface area contributed by atoms with E-state index in [0.29, 0.717) is 0 Å². The number of thiophene rings is 1. The highest BCUT2D eigenvalue weighted by Crippen LogP contribution is 2.13. The zero-order chi connectivity index (χ0) is 6.69. The molecule has 0 nitrogen and oxygen atoms in total. The van der Waals surface area contributed by atoms with E-state index in [0.717, 1.165) is 6.42 Å². The summed E-state index contributed by atoms with van der Waals surface area (Å²) in [6, 6.07) is 0. The standard InChI is InChI=1S/C8H10S/c1-3-4-8-6-9-5-7(8)2/h3,5-6H,1,4H2,2H3. The maximum atomic E-state index is 3.68. The molecule has 1 heterocycles. The largest absolute Gasteiger partial charge is 0.152 e. The van der Waals surface area contributed by atoms with Gasteiger partial charge in [-0.2, -0.15) is 11.3 Å². The molecule has 0 spiro atoms.